The average Bonchev–Trinajstić information content (AvgIpc) is 2.85. The molecule has 0 bridgehead atoms. The van der Waals surface area contributed by atoms with Crippen molar-refractivity contribution < 1.29 is 14.3 Å². The fourth-order valence-electron chi connectivity index (χ4n) is 2.26. The summed E-state index contributed by atoms with van der Waals surface area (Å²) >= 11 is 0. The monoisotopic (exact) mass is 312 g/mol. The fourth-order valence-corrected chi connectivity index (χ4v) is 2.26. The third kappa shape index (κ3) is 5.46. The van der Waals surface area contributed by atoms with Crippen LogP contribution in [0.25, 0.3) is 0 Å². The highest BCUT2D eigenvalue weighted by Gasteiger charge is 2.28. The fraction of sp³-hybridized carbons (Fsp3) is 0.467. The van der Waals surface area contributed by atoms with Gasteiger partial charge in [0.2, 0.25) is 5.91 Å². The highest BCUT2D eigenvalue weighted by molar-refractivity contribution is 5.86. The highest BCUT2D eigenvalue weighted by Crippen LogP contribution is 2.15. The van der Waals surface area contributed by atoms with Crippen LogP contribution in [0.5, 0.6) is 0 Å². The molecule has 1 aliphatic heterocycles. The lowest BCUT2D eigenvalue weighted by Gasteiger charge is -2.13. The Balaban J connectivity index is 0.00000220. The number of ether oxygens (including phenoxy) is 1. The molecule has 3 N–H and O–H groups in total. The Hall–Kier alpha value is -1.43. The summed E-state index contributed by atoms with van der Waals surface area (Å²) in [4.78, 5) is 23.3. The number of hydrogen-bond acceptors (Lipinski definition) is 4. The number of rotatable bonds is 7. The second kappa shape index (κ2) is 8.77. The largest absolute Gasteiger partial charge is 0.369 e. The van der Waals surface area contributed by atoms with Crippen molar-refractivity contribution in [2.24, 2.45) is 11.7 Å². The number of carbonyl (C=O) groups excluding carboxylic acids is 2. The molecule has 116 valence electrons. The Kier molecular flexibility index (Phi) is 7.36. The minimum Gasteiger partial charge on any atom is -0.369 e. The van der Waals surface area contributed by atoms with Crippen LogP contribution in [0.2, 0.25) is 0 Å². The summed E-state index contributed by atoms with van der Waals surface area (Å²) in [5.41, 5.74) is 6.85. The summed E-state index contributed by atoms with van der Waals surface area (Å²) in [6, 6.07) is 9.02. The summed E-state index contributed by atoms with van der Waals surface area (Å²) < 4.78 is 5.36. The van der Waals surface area contributed by atoms with Crippen molar-refractivity contribution in [1.29, 1.82) is 0 Å². The van der Waals surface area contributed by atoms with Crippen molar-refractivity contribution in [1.82, 2.24) is 5.32 Å². The number of ketones is 1. The van der Waals surface area contributed by atoms with E-state index >= 15 is 0 Å². The normalized spacial score (nSPS) is 18.7. The molecule has 1 fully saturated rings. The number of carbonyl (C=O) groups is 2. The van der Waals surface area contributed by atoms with Crippen LogP contribution in [0.4, 0.5) is 0 Å². The molecule has 1 aromatic carbocycles. The molecule has 0 saturated carbocycles. The van der Waals surface area contributed by atoms with Crippen LogP contribution in [-0.4, -0.2) is 30.9 Å². The molecule has 1 heterocycles. The lowest BCUT2D eigenvalue weighted by molar-refractivity contribution is -0.126. The van der Waals surface area contributed by atoms with Gasteiger partial charge in [0.05, 0.1) is 12.6 Å². The maximum Gasteiger partial charge on any atom is 0.223 e. The summed E-state index contributed by atoms with van der Waals surface area (Å²) in [7, 11) is 0. The molecule has 0 aromatic heterocycles. The van der Waals surface area contributed by atoms with Gasteiger partial charge in [0.25, 0.3) is 0 Å². The molecule has 0 spiro atoms. The molecule has 21 heavy (non-hydrogen) atoms. The van der Waals surface area contributed by atoms with E-state index < -0.39 is 6.04 Å². The molecule has 0 radical (unpaired) electrons. The molecule has 1 amide bonds. The summed E-state index contributed by atoms with van der Waals surface area (Å²) in [5, 5.41) is 2.74. The van der Waals surface area contributed by atoms with Crippen molar-refractivity contribution in [2.45, 2.75) is 25.5 Å². The first-order valence-corrected chi connectivity index (χ1v) is 6.84. The Bertz CT molecular complexity index is 467. The Labute approximate surface area is 130 Å². The van der Waals surface area contributed by atoms with Gasteiger partial charge in [-0.15, -0.1) is 12.4 Å². The van der Waals surface area contributed by atoms with E-state index in [4.69, 9.17) is 10.5 Å². The molecule has 2 rings (SSSR count). The predicted molar refractivity (Wildman–Crippen MR) is 82.1 cm³/mol. The zero-order valence-corrected chi connectivity index (χ0v) is 12.6. The average molecular weight is 313 g/mol. The lowest BCUT2D eigenvalue weighted by Crippen LogP contribution is -2.36. The molecule has 0 aliphatic carbocycles. The Morgan fingerprint density at radius 1 is 1.38 bits per heavy atom. The van der Waals surface area contributed by atoms with E-state index in [9.17, 15) is 9.59 Å². The van der Waals surface area contributed by atoms with Crippen LogP contribution in [0.15, 0.2) is 30.3 Å². The van der Waals surface area contributed by atoms with Crippen molar-refractivity contribution in [3.05, 3.63) is 35.9 Å². The molecule has 6 heteroatoms. The van der Waals surface area contributed by atoms with E-state index in [-0.39, 0.29) is 36.6 Å². The molecule has 0 unspecified atom stereocenters. The van der Waals surface area contributed by atoms with Crippen LogP contribution in [-0.2, 0) is 20.9 Å². The van der Waals surface area contributed by atoms with Crippen molar-refractivity contribution >= 4 is 24.1 Å². The van der Waals surface area contributed by atoms with Gasteiger partial charge in [0.1, 0.15) is 6.61 Å². The van der Waals surface area contributed by atoms with Gasteiger partial charge < -0.3 is 15.8 Å². The van der Waals surface area contributed by atoms with Gasteiger partial charge >= 0.3 is 0 Å². The molecular weight excluding hydrogens is 292 g/mol. The van der Waals surface area contributed by atoms with Gasteiger partial charge in [-0.2, -0.15) is 0 Å². The van der Waals surface area contributed by atoms with Gasteiger partial charge in [-0.3, -0.25) is 9.59 Å². The number of halogens is 1. The maximum atomic E-state index is 11.8. The number of benzene rings is 1. The standard InChI is InChI=1S/C15H20N2O3.ClH/c16-13(8-12-6-7-17-15(12)19)14(18)10-20-9-11-4-2-1-3-5-11;/h1-5,12-13H,6-10,16H2,(H,17,19);1H/t12-,13-;/m0./s1. The van der Waals surface area contributed by atoms with E-state index in [0.29, 0.717) is 19.6 Å². The van der Waals surface area contributed by atoms with Crippen molar-refractivity contribution in [3.63, 3.8) is 0 Å². The lowest BCUT2D eigenvalue weighted by atomic mass is 9.97. The first-order chi connectivity index (χ1) is 9.66. The quantitative estimate of drug-likeness (QED) is 0.788. The number of amides is 1. The van der Waals surface area contributed by atoms with E-state index in [1.165, 1.54) is 0 Å². The third-order valence-electron chi connectivity index (χ3n) is 3.47. The second-order valence-electron chi connectivity index (χ2n) is 5.06. The molecule has 1 saturated heterocycles. The maximum absolute atomic E-state index is 11.8. The number of hydrogen-bond donors (Lipinski definition) is 2. The summed E-state index contributed by atoms with van der Waals surface area (Å²) in [6.45, 7) is 1.06. The van der Waals surface area contributed by atoms with E-state index in [2.05, 4.69) is 5.32 Å². The zero-order chi connectivity index (χ0) is 14.4. The van der Waals surface area contributed by atoms with Crippen LogP contribution in [0.1, 0.15) is 18.4 Å². The molecule has 2 atom stereocenters. The van der Waals surface area contributed by atoms with Gasteiger partial charge in [-0.1, -0.05) is 30.3 Å². The highest BCUT2D eigenvalue weighted by atomic mass is 35.5. The van der Waals surface area contributed by atoms with Crippen LogP contribution >= 0.6 is 12.4 Å². The van der Waals surface area contributed by atoms with E-state index in [1.54, 1.807) is 0 Å². The number of Topliss-reactive ketones (excluding diaryl/α,β-unsaturated/α-hetero) is 1. The molecule has 5 nitrogen and oxygen atoms in total. The van der Waals surface area contributed by atoms with E-state index in [0.717, 1.165) is 12.0 Å². The summed E-state index contributed by atoms with van der Waals surface area (Å²) in [5.74, 6) is -0.290. The second-order valence-corrected chi connectivity index (χ2v) is 5.06. The molecule has 1 aromatic rings. The van der Waals surface area contributed by atoms with Gasteiger partial charge in [-0.05, 0) is 18.4 Å². The Morgan fingerprint density at radius 3 is 2.71 bits per heavy atom. The molecule has 1 aliphatic rings. The van der Waals surface area contributed by atoms with E-state index in [1.807, 2.05) is 30.3 Å². The number of nitrogens with one attached hydrogen (secondary N) is 1. The van der Waals surface area contributed by atoms with Crippen LogP contribution < -0.4 is 11.1 Å². The zero-order valence-electron chi connectivity index (χ0n) is 11.8. The first-order valence-electron chi connectivity index (χ1n) is 6.84. The SMILES string of the molecule is Cl.N[C@@H](C[C@@H]1CCNC1=O)C(=O)COCc1ccccc1. The van der Waals surface area contributed by atoms with Gasteiger partial charge in [0, 0.05) is 12.5 Å². The third-order valence-corrected chi connectivity index (χ3v) is 3.47. The minimum absolute atomic E-state index is 0. The van der Waals surface area contributed by atoms with Crippen LogP contribution in [0.3, 0.4) is 0 Å². The van der Waals surface area contributed by atoms with Gasteiger partial charge in [-0.25, -0.2) is 0 Å². The first kappa shape index (κ1) is 17.6. The van der Waals surface area contributed by atoms with Crippen molar-refractivity contribution in [3.8, 4) is 0 Å². The van der Waals surface area contributed by atoms with Crippen molar-refractivity contribution in [2.75, 3.05) is 13.2 Å². The van der Waals surface area contributed by atoms with Crippen LogP contribution in [0, 0.1) is 5.92 Å². The summed E-state index contributed by atoms with van der Waals surface area (Å²) in [6.07, 6.45) is 1.16. The smallest absolute Gasteiger partial charge is 0.223 e. The number of nitrogens with two attached hydrogens (primary N) is 1. The Morgan fingerprint density at radius 2 is 2.10 bits per heavy atom. The minimum atomic E-state index is -0.625. The molecular formula is C15H21ClN2O3. The predicted octanol–water partition coefficient (Wildman–Crippen LogP) is 1.05. The van der Waals surface area contributed by atoms with Gasteiger partial charge in [0.15, 0.2) is 5.78 Å². The topological polar surface area (TPSA) is 81.4 Å².